The quantitative estimate of drug-likeness (QED) is 0.412. The van der Waals surface area contributed by atoms with Gasteiger partial charge in [-0.25, -0.2) is 14.4 Å². The molecule has 3 aromatic heterocycles. The minimum Gasteiger partial charge on any atom is -0.381 e. The largest absolute Gasteiger partial charge is 0.381 e. The Hall–Kier alpha value is -4.02. The normalized spacial score (nSPS) is 17.1. The molecule has 4 aromatic rings. The maximum absolute atomic E-state index is 13.6. The van der Waals surface area contributed by atoms with Gasteiger partial charge in [0.1, 0.15) is 23.1 Å². The van der Waals surface area contributed by atoms with E-state index >= 15 is 0 Å². The molecule has 2 fully saturated rings. The van der Waals surface area contributed by atoms with Crippen molar-refractivity contribution >= 4 is 28.9 Å². The molecule has 1 amide bonds. The molecule has 3 aliphatic heterocycles. The Balaban J connectivity index is 0.000000500. The number of aromatic nitrogens is 3. The zero-order valence-electron chi connectivity index (χ0n) is 22.0. The van der Waals surface area contributed by atoms with Crippen molar-refractivity contribution < 1.29 is 13.9 Å². The maximum Gasteiger partial charge on any atom is 0.254 e. The molecule has 10 heteroatoms. The molecule has 0 spiro atoms. The van der Waals surface area contributed by atoms with Gasteiger partial charge in [-0.3, -0.25) is 9.20 Å². The van der Waals surface area contributed by atoms with Gasteiger partial charge in [0.05, 0.1) is 23.1 Å². The number of anilines is 3. The van der Waals surface area contributed by atoms with Crippen molar-refractivity contribution in [3.05, 3.63) is 71.8 Å². The number of benzene rings is 1. The standard InChI is InChI=1S/C25H24FN7O.C4H8O/c1-31-9-11-32(12-10-31)22-4-2-3-21(30-22)29-19-6-5-17(18-14-28-25(34)24(18)19)20-15-27-23-13-16(26)7-8-33(20)23;1-2-4-5-3-1/h2-8,13,15H,9-12,14H2,1H3,(H,28,34)(H,29,30);1-4H2. The van der Waals surface area contributed by atoms with E-state index in [-0.39, 0.29) is 11.7 Å². The summed E-state index contributed by atoms with van der Waals surface area (Å²) in [6.45, 7) is 6.29. The minimum atomic E-state index is -0.336. The van der Waals surface area contributed by atoms with Crippen LogP contribution in [0, 0.1) is 5.82 Å². The third-order valence-electron chi connectivity index (χ3n) is 7.37. The van der Waals surface area contributed by atoms with Gasteiger partial charge in [0, 0.05) is 63.8 Å². The zero-order chi connectivity index (χ0) is 26.8. The van der Waals surface area contributed by atoms with E-state index in [0.717, 1.165) is 62.0 Å². The Morgan fingerprint density at radius 3 is 2.64 bits per heavy atom. The van der Waals surface area contributed by atoms with Crippen molar-refractivity contribution in [1.82, 2.24) is 24.6 Å². The summed E-state index contributed by atoms with van der Waals surface area (Å²) in [6.07, 6.45) is 5.92. The number of nitrogens with one attached hydrogen (secondary N) is 2. The molecule has 0 saturated carbocycles. The molecule has 3 aliphatic rings. The molecule has 9 nitrogen and oxygen atoms in total. The van der Waals surface area contributed by atoms with Crippen LogP contribution in [-0.2, 0) is 11.3 Å². The van der Waals surface area contributed by atoms with Gasteiger partial charge in [-0.05, 0) is 49.7 Å². The fourth-order valence-electron chi connectivity index (χ4n) is 5.20. The lowest BCUT2D eigenvalue weighted by Gasteiger charge is -2.33. The molecule has 0 unspecified atom stereocenters. The zero-order valence-corrected chi connectivity index (χ0v) is 22.0. The summed E-state index contributed by atoms with van der Waals surface area (Å²) in [5.74, 6) is 1.15. The van der Waals surface area contributed by atoms with Gasteiger partial charge >= 0.3 is 0 Å². The van der Waals surface area contributed by atoms with E-state index in [1.54, 1.807) is 12.4 Å². The number of amides is 1. The Bertz CT molecular complexity index is 1480. The SMILES string of the molecule is C1CCOC1.CN1CCN(c2cccc(Nc3ccc(-c4cnc5cc(F)ccn45)c4c3C(=O)NC4)n2)CC1. The first kappa shape index (κ1) is 25.3. The molecule has 2 N–H and O–H groups in total. The second kappa shape index (κ2) is 11.0. The monoisotopic (exact) mass is 529 g/mol. The van der Waals surface area contributed by atoms with Gasteiger partial charge in [0.2, 0.25) is 0 Å². The van der Waals surface area contributed by atoms with Crippen LogP contribution < -0.4 is 15.5 Å². The lowest BCUT2D eigenvalue weighted by atomic mass is 9.99. The highest BCUT2D eigenvalue weighted by molar-refractivity contribution is 6.06. The van der Waals surface area contributed by atoms with Gasteiger partial charge in [0.15, 0.2) is 0 Å². The third-order valence-corrected chi connectivity index (χ3v) is 7.37. The summed E-state index contributed by atoms with van der Waals surface area (Å²) in [7, 11) is 2.13. The number of fused-ring (bicyclic) bond motifs is 2. The van der Waals surface area contributed by atoms with E-state index in [1.807, 2.05) is 34.7 Å². The number of carbonyl (C=O) groups is 1. The van der Waals surface area contributed by atoms with Crippen molar-refractivity contribution in [2.45, 2.75) is 19.4 Å². The van der Waals surface area contributed by atoms with Crippen LogP contribution in [0.1, 0.15) is 28.8 Å². The second-order valence-electron chi connectivity index (χ2n) is 10.0. The lowest BCUT2D eigenvalue weighted by Crippen LogP contribution is -2.44. The van der Waals surface area contributed by atoms with Crippen LogP contribution >= 0.6 is 0 Å². The molecule has 7 rings (SSSR count). The highest BCUT2D eigenvalue weighted by Gasteiger charge is 2.27. The minimum absolute atomic E-state index is 0.130. The summed E-state index contributed by atoms with van der Waals surface area (Å²) in [4.78, 5) is 26.5. The van der Waals surface area contributed by atoms with E-state index in [0.29, 0.717) is 29.3 Å². The van der Waals surface area contributed by atoms with Gasteiger partial charge < -0.3 is 25.2 Å². The lowest BCUT2D eigenvalue weighted by molar-refractivity contribution is 0.0966. The predicted octanol–water partition coefficient (Wildman–Crippen LogP) is 4.07. The number of imidazole rings is 1. The van der Waals surface area contributed by atoms with E-state index in [2.05, 4.69) is 32.5 Å². The summed E-state index contributed by atoms with van der Waals surface area (Å²) in [6, 6.07) is 12.6. The molecule has 0 bridgehead atoms. The number of piperazine rings is 1. The summed E-state index contributed by atoms with van der Waals surface area (Å²) < 4.78 is 20.4. The van der Waals surface area contributed by atoms with Crippen LogP contribution in [0.5, 0.6) is 0 Å². The van der Waals surface area contributed by atoms with Crippen LogP contribution in [0.4, 0.5) is 21.7 Å². The van der Waals surface area contributed by atoms with Crippen LogP contribution in [0.3, 0.4) is 0 Å². The van der Waals surface area contributed by atoms with E-state index < -0.39 is 0 Å². The third kappa shape index (κ3) is 5.30. The number of hydrogen-bond donors (Lipinski definition) is 2. The Labute approximate surface area is 226 Å². The number of ether oxygens (including phenoxy) is 1. The maximum atomic E-state index is 13.6. The first-order valence-electron chi connectivity index (χ1n) is 13.4. The molecular formula is C29H32FN7O2. The van der Waals surface area contributed by atoms with Crippen molar-refractivity contribution in [3.63, 3.8) is 0 Å². The van der Waals surface area contributed by atoms with Gasteiger partial charge in [-0.15, -0.1) is 0 Å². The molecular weight excluding hydrogens is 497 g/mol. The fraction of sp³-hybridized carbons (Fsp3) is 0.345. The van der Waals surface area contributed by atoms with E-state index in [9.17, 15) is 9.18 Å². The van der Waals surface area contributed by atoms with Crippen molar-refractivity contribution in [1.29, 1.82) is 0 Å². The number of rotatable bonds is 4. The van der Waals surface area contributed by atoms with Crippen LogP contribution in [0.2, 0.25) is 0 Å². The van der Waals surface area contributed by atoms with Gasteiger partial charge in [0.25, 0.3) is 5.91 Å². The molecule has 39 heavy (non-hydrogen) atoms. The van der Waals surface area contributed by atoms with Crippen molar-refractivity contribution in [2.75, 3.05) is 56.7 Å². The number of pyridine rings is 2. The van der Waals surface area contributed by atoms with Crippen LogP contribution in [0.15, 0.2) is 54.9 Å². The van der Waals surface area contributed by atoms with Crippen molar-refractivity contribution in [2.24, 2.45) is 0 Å². The van der Waals surface area contributed by atoms with Gasteiger partial charge in [-0.1, -0.05) is 12.1 Å². The molecule has 2 saturated heterocycles. The van der Waals surface area contributed by atoms with E-state index in [4.69, 9.17) is 9.72 Å². The average Bonchev–Trinajstić information content (AvgIpc) is 3.72. The first-order chi connectivity index (χ1) is 19.1. The topological polar surface area (TPSA) is 87.0 Å². The van der Waals surface area contributed by atoms with E-state index in [1.165, 1.54) is 25.0 Å². The Morgan fingerprint density at radius 1 is 1.05 bits per heavy atom. The number of likely N-dealkylation sites (N-methyl/N-ethyl adjacent to an activating group) is 1. The summed E-state index contributed by atoms with van der Waals surface area (Å²) >= 11 is 0. The molecule has 202 valence electrons. The molecule has 0 radical (unpaired) electrons. The van der Waals surface area contributed by atoms with Gasteiger partial charge in [-0.2, -0.15) is 0 Å². The highest BCUT2D eigenvalue weighted by atomic mass is 19.1. The first-order valence-corrected chi connectivity index (χ1v) is 13.4. The molecule has 0 atom stereocenters. The highest BCUT2D eigenvalue weighted by Crippen LogP contribution is 2.35. The number of hydrogen-bond acceptors (Lipinski definition) is 7. The van der Waals surface area contributed by atoms with Crippen LogP contribution in [-0.4, -0.2) is 71.6 Å². The number of halogens is 1. The molecule has 1 aromatic carbocycles. The molecule has 0 aliphatic carbocycles. The predicted molar refractivity (Wildman–Crippen MR) is 149 cm³/mol. The van der Waals surface area contributed by atoms with Crippen LogP contribution in [0.25, 0.3) is 16.9 Å². The smallest absolute Gasteiger partial charge is 0.254 e. The Kier molecular flexibility index (Phi) is 7.12. The molecule has 6 heterocycles. The Morgan fingerprint density at radius 2 is 1.87 bits per heavy atom. The number of nitrogens with zero attached hydrogens (tertiary/aromatic N) is 5. The second-order valence-corrected chi connectivity index (χ2v) is 10.0. The van der Waals surface area contributed by atoms with Crippen molar-refractivity contribution in [3.8, 4) is 11.3 Å². The number of carbonyl (C=O) groups excluding carboxylic acids is 1. The summed E-state index contributed by atoms with van der Waals surface area (Å²) in [5.41, 5.74) is 4.41. The fourth-order valence-corrected chi connectivity index (χ4v) is 5.20. The summed E-state index contributed by atoms with van der Waals surface area (Å²) in [5, 5.41) is 6.30. The average molecular weight is 530 g/mol.